The predicted molar refractivity (Wildman–Crippen MR) is 85.0 cm³/mol. The highest BCUT2D eigenvalue weighted by molar-refractivity contribution is 5.82. The minimum absolute atomic E-state index is 0.283. The van der Waals surface area contributed by atoms with Crippen molar-refractivity contribution in [1.29, 1.82) is 0 Å². The lowest BCUT2D eigenvalue weighted by Gasteiger charge is -2.37. The van der Waals surface area contributed by atoms with Crippen LogP contribution >= 0.6 is 0 Å². The SMILES string of the molecule is COc1ccc(C)cc1CC(=O)CC1CN(C)CCN1C. The summed E-state index contributed by atoms with van der Waals surface area (Å²) in [5.41, 5.74) is 2.16. The summed E-state index contributed by atoms with van der Waals surface area (Å²) in [5, 5.41) is 0. The zero-order valence-electron chi connectivity index (χ0n) is 13.6. The first-order chi connectivity index (χ1) is 9.99. The molecule has 116 valence electrons. The highest BCUT2D eigenvalue weighted by atomic mass is 16.5. The molecule has 2 rings (SSSR count). The number of Topliss-reactive ketones (excluding diaryl/α,β-unsaturated/α-hetero) is 1. The number of benzene rings is 1. The van der Waals surface area contributed by atoms with E-state index in [-0.39, 0.29) is 5.78 Å². The molecular formula is C17H26N2O2. The molecule has 0 aliphatic carbocycles. The molecule has 0 bridgehead atoms. The third-order valence-electron chi connectivity index (χ3n) is 4.27. The Morgan fingerprint density at radius 2 is 2.10 bits per heavy atom. The number of ether oxygens (including phenoxy) is 1. The number of hydrogen-bond donors (Lipinski definition) is 0. The Morgan fingerprint density at radius 3 is 2.81 bits per heavy atom. The summed E-state index contributed by atoms with van der Waals surface area (Å²) in [6.07, 6.45) is 1.07. The van der Waals surface area contributed by atoms with Gasteiger partial charge in [0.2, 0.25) is 0 Å². The molecule has 0 N–H and O–H groups in total. The van der Waals surface area contributed by atoms with E-state index in [1.165, 1.54) is 0 Å². The molecule has 0 radical (unpaired) electrons. The first-order valence-electron chi connectivity index (χ1n) is 7.53. The van der Waals surface area contributed by atoms with Crippen LogP contribution < -0.4 is 4.74 Å². The lowest BCUT2D eigenvalue weighted by molar-refractivity contribution is -0.120. The van der Waals surface area contributed by atoms with Crippen LogP contribution in [0.4, 0.5) is 0 Å². The number of likely N-dealkylation sites (N-methyl/N-ethyl adjacent to an activating group) is 2. The van der Waals surface area contributed by atoms with Crippen molar-refractivity contribution in [3.8, 4) is 5.75 Å². The molecular weight excluding hydrogens is 264 g/mol. The van der Waals surface area contributed by atoms with Crippen molar-refractivity contribution < 1.29 is 9.53 Å². The van der Waals surface area contributed by atoms with Crippen LogP contribution in [-0.4, -0.2) is 62.5 Å². The van der Waals surface area contributed by atoms with Crippen LogP contribution in [0.2, 0.25) is 0 Å². The molecule has 1 unspecified atom stereocenters. The highest BCUT2D eigenvalue weighted by Crippen LogP contribution is 2.21. The Hall–Kier alpha value is -1.39. The van der Waals surface area contributed by atoms with Gasteiger partial charge in [-0.1, -0.05) is 17.7 Å². The molecule has 1 aliphatic heterocycles. The standard InChI is InChI=1S/C17H26N2O2/c1-13-5-6-17(21-4)14(9-13)10-16(20)11-15-12-18(2)7-8-19(15)3/h5-6,9,15H,7-8,10-12H2,1-4H3. The van der Waals surface area contributed by atoms with Crippen molar-refractivity contribution in [2.75, 3.05) is 40.8 Å². The summed E-state index contributed by atoms with van der Waals surface area (Å²) in [5.74, 6) is 1.09. The van der Waals surface area contributed by atoms with Gasteiger partial charge in [-0.05, 0) is 27.1 Å². The van der Waals surface area contributed by atoms with Gasteiger partial charge in [-0.2, -0.15) is 0 Å². The molecule has 1 aliphatic rings. The number of nitrogens with zero attached hydrogens (tertiary/aromatic N) is 2. The monoisotopic (exact) mass is 290 g/mol. The van der Waals surface area contributed by atoms with Gasteiger partial charge in [0.05, 0.1) is 7.11 Å². The molecule has 4 heteroatoms. The van der Waals surface area contributed by atoms with Crippen LogP contribution in [0.15, 0.2) is 18.2 Å². The number of carbonyl (C=O) groups is 1. The van der Waals surface area contributed by atoms with E-state index in [0.717, 1.165) is 36.5 Å². The van der Waals surface area contributed by atoms with Gasteiger partial charge in [-0.3, -0.25) is 4.79 Å². The lowest BCUT2D eigenvalue weighted by Crippen LogP contribution is -2.50. The third-order valence-corrected chi connectivity index (χ3v) is 4.27. The van der Waals surface area contributed by atoms with E-state index in [2.05, 4.69) is 23.9 Å². The van der Waals surface area contributed by atoms with Crippen molar-refractivity contribution in [3.63, 3.8) is 0 Å². The van der Waals surface area contributed by atoms with Crippen LogP contribution in [0.5, 0.6) is 5.75 Å². The molecule has 1 saturated heterocycles. The molecule has 1 aromatic carbocycles. The molecule has 1 fully saturated rings. The van der Waals surface area contributed by atoms with E-state index < -0.39 is 0 Å². The lowest BCUT2D eigenvalue weighted by atomic mass is 9.99. The second-order valence-electron chi connectivity index (χ2n) is 6.13. The van der Waals surface area contributed by atoms with Gasteiger partial charge in [-0.15, -0.1) is 0 Å². The van der Waals surface area contributed by atoms with E-state index >= 15 is 0 Å². The number of carbonyl (C=O) groups excluding carboxylic acids is 1. The molecule has 0 amide bonds. The maximum absolute atomic E-state index is 12.4. The number of piperazine rings is 1. The summed E-state index contributed by atoms with van der Waals surface area (Å²) >= 11 is 0. The normalized spacial score (nSPS) is 20.5. The molecule has 0 aromatic heterocycles. The number of ketones is 1. The predicted octanol–water partition coefficient (Wildman–Crippen LogP) is 1.75. The van der Waals surface area contributed by atoms with Crippen LogP contribution in [0.1, 0.15) is 17.5 Å². The van der Waals surface area contributed by atoms with Crippen molar-refractivity contribution in [1.82, 2.24) is 9.80 Å². The van der Waals surface area contributed by atoms with Gasteiger partial charge < -0.3 is 14.5 Å². The smallest absolute Gasteiger partial charge is 0.139 e. The number of hydrogen-bond acceptors (Lipinski definition) is 4. The molecule has 1 aromatic rings. The molecule has 0 saturated carbocycles. The Bertz CT molecular complexity index is 502. The maximum Gasteiger partial charge on any atom is 0.139 e. The van der Waals surface area contributed by atoms with Crippen LogP contribution in [0, 0.1) is 6.92 Å². The average molecular weight is 290 g/mol. The third kappa shape index (κ3) is 4.29. The zero-order valence-corrected chi connectivity index (χ0v) is 13.6. The van der Waals surface area contributed by atoms with E-state index in [1.807, 2.05) is 25.1 Å². The largest absolute Gasteiger partial charge is 0.496 e. The first-order valence-corrected chi connectivity index (χ1v) is 7.53. The van der Waals surface area contributed by atoms with Crippen molar-refractivity contribution in [3.05, 3.63) is 29.3 Å². The van der Waals surface area contributed by atoms with Gasteiger partial charge in [0.1, 0.15) is 11.5 Å². The molecule has 4 nitrogen and oxygen atoms in total. The second kappa shape index (κ2) is 7.05. The average Bonchev–Trinajstić information content (AvgIpc) is 2.43. The Labute approximate surface area is 127 Å². The summed E-state index contributed by atoms with van der Waals surface area (Å²) < 4.78 is 5.36. The quantitative estimate of drug-likeness (QED) is 0.827. The zero-order chi connectivity index (χ0) is 15.4. The minimum Gasteiger partial charge on any atom is -0.496 e. The molecule has 21 heavy (non-hydrogen) atoms. The van der Waals surface area contributed by atoms with Crippen molar-refractivity contribution in [2.45, 2.75) is 25.8 Å². The fraction of sp³-hybridized carbons (Fsp3) is 0.588. The highest BCUT2D eigenvalue weighted by Gasteiger charge is 2.24. The Balaban J connectivity index is 2.00. The number of aryl methyl sites for hydroxylation is 1. The summed E-state index contributed by atoms with van der Waals surface area (Å²) in [7, 11) is 5.88. The van der Waals surface area contributed by atoms with E-state index in [0.29, 0.717) is 18.9 Å². The van der Waals surface area contributed by atoms with E-state index in [1.54, 1.807) is 7.11 Å². The molecule has 1 heterocycles. The fourth-order valence-electron chi connectivity index (χ4n) is 2.91. The maximum atomic E-state index is 12.4. The summed E-state index contributed by atoms with van der Waals surface area (Å²) in [6.45, 7) is 5.11. The van der Waals surface area contributed by atoms with E-state index in [9.17, 15) is 4.79 Å². The summed E-state index contributed by atoms with van der Waals surface area (Å²) in [4.78, 5) is 17.0. The van der Waals surface area contributed by atoms with Crippen LogP contribution in [0.3, 0.4) is 0 Å². The Kier molecular flexibility index (Phi) is 5.37. The topological polar surface area (TPSA) is 32.8 Å². The van der Waals surface area contributed by atoms with Gasteiger partial charge in [0.15, 0.2) is 0 Å². The molecule has 1 atom stereocenters. The van der Waals surface area contributed by atoms with Gasteiger partial charge >= 0.3 is 0 Å². The van der Waals surface area contributed by atoms with E-state index in [4.69, 9.17) is 4.74 Å². The van der Waals surface area contributed by atoms with Gasteiger partial charge in [-0.25, -0.2) is 0 Å². The fourth-order valence-corrected chi connectivity index (χ4v) is 2.91. The van der Waals surface area contributed by atoms with Crippen LogP contribution in [0.25, 0.3) is 0 Å². The molecule has 0 spiro atoms. The first kappa shape index (κ1) is 16.0. The number of rotatable bonds is 5. The second-order valence-corrected chi connectivity index (χ2v) is 6.13. The van der Waals surface area contributed by atoms with Crippen molar-refractivity contribution in [2.24, 2.45) is 0 Å². The minimum atomic E-state index is 0.283. The summed E-state index contributed by atoms with van der Waals surface area (Å²) in [6, 6.07) is 6.33. The van der Waals surface area contributed by atoms with Gasteiger partial charge in [0, 0.05) is 44.1 Å². The number of methoxy groups -OCH3 is 1. The Morgan fingerprint density at radius 1 is 1.33 bits per heavy atom. The van der Waals surface area contributed by atoms with Crippen molar-refractivity contribution >= 4 is 5.78 Å². The van der Waals surface area contributed by atoms with Gasteiger partial charge in [0.25, 0.3) is 0 Å². The van der Waals surface area contributed by atoms with Crippen LogP contribution in [-0.2, 0) is 11.2 Å².